The maximum Gasteiger partial charge on any atom is 0.274 e. The molecule has 106 valence electrons. The number of benzene rings is 1. The summed E-state index contributed by atoms with van der Waals surface area (Å²) in [7, 11) is -0.882. The van der Waals surface area contributed by atoms with E-state index in [-0.39, 0.29) is 17.5 Å². The summed E-state index contributed by atoms with van der Waals surface area (Å²) < 4.78 is 24.2. The molecular formula is C12H17FN2O3S. The van der Waals surface area contributed by atoms with Crippen molar-refractivity contribution >= 4 is 16.5 Å². The molecule has 0 aromatic heterocycles. The van der Waals surface area contributed by atoms with Gasteiger partial charge < -0.3 is 5.32 Å². The highest BCUT2D eigenvalue weighted by Gasteiger charge is 2.14. The van der Waals surface area contributed by atoms with Crippen LogP contribution in [0.4, 0.5) is 10.1 Å². The molecule has 19 heavy (non-hydrogen) atoms. The van der Waals surface area contributed by atoms with Crippen LogP contribution in [0, 0.1) is 15.9 Å². The van der Waals surface area contributed by atoms with Crippen molar-refractivity contribution in [1.82, 2.24) is 5.32 Å². The van der Waals surface area contributed by atoms with Crippen LogP contribution >= 0.6 is 0 Å². The Labute approximate surface area is 113 Å². The Kier molecular flexibility index (Phi) is 6.04. The maximum atomic E-state index is 13.1. The van der Waals surface area contributed by atoms with Crippen LogP contribution in [0.2, 0.25) is 0 Å². The van der Waals surface area contributed by atoms with E-state index in [1.54, 1.807) is 6.26 Å². The first kappa shape index (κ1) is 15.7. The minimum absolute atomic E-state index is 0.0648. The maximum absolute atomic E-state index is 13.1. The third-order valence-corrected chi connectivity index (χ3v) is 4.22. The van der Waals surface area contributed by atoms with Gasteiger partial charge in [0.05, 0.1) is 4.92 Å². The lowest BCUT2D eigenvalue weighted by Gasteiger charge is -2.09. The first-order chi connectivity index (χ1) is 8.91. The van der Waals surface area contributed by atoms with Crippen LogP contribution in [0.15, 0.2) is 18.2 Å². The van der Waals surface area contributed by atoms with E-state index in [1.165, 1.54) is 0 Å². The number of nitro groups is 1. The van der Waals surface area contributed by atoms with Gasteiger partial charge in [-0.3, -0.25) is 14.3 Å². The van der Waals surface area contributed by atoms with Crippen LogP contribution in [0.1, 0.15) is 18.9 Å². The number of hydrogen-bond acceptors (Lipinski definition) is 4. The molecule has 1 aromatic carbocycles. The summed E-state index contributed by atoms with van der Waals surface area (Å²) >= 11 is 0. The molecule has 0 bridgehead atoms. The van der Waals surface area contributed by atoms with Crippen molar-refractivity contribution in [3.8, 4) is 0 Å². The van der Waals surface area contributed by atoms with Crippen LogP contribution in [0.25, 0.3) is 0 Å². The van der Waals surface area contributed by atoms with E-state index in [1.807, 2.05) is 6.92 Å². The lowest BCUT2D eigenvalue weighted by molar-refractivity contribution is -0.385. The van der Waals surface area contributed by atoms with Gasteiger partial charge in [-0.1, -0.05) is 6.92 Å². The highest BCUT2D eigenvalue weighted by Crippen LogP contribution is 2.19. The van der Waals surface area contributed by atoms with Gasteiger partial charge in [0.25, 0.3) is 5.69 Å². The fourth-order valence-corrected chi connectivity index (χ4v) is 2.02. The third kappa shape index (κ3) is 5.04. The Morgan fingerprint density at radius 2 is 2.21 bits per heavy atom. The third-order valence-electron chi connectivity index (χ3n) is 2.85. The zero-order chi connectivity index (χ0) is 14.4. The fraction of sp³-hybridized carbons (Fsp3) is 0.500. The van der Waals surface area contributed by atoms with E-state index >= 15 is 0 Å². The molecule has 7 heteroatoms. The van der Waals surface area contributed by atoms with E-state index in [0.29, 0.717) is 18.5 Å². The second kappa shape index (κ2) is 7.30. The van der Waals surface area contributed by atoms with Crippen LogP contribution in [-0.4, -0.2) is 27.2 Å². The van der Waals surface area contributed by atoms with Crippen molar-refractivity contribution < 1.29 is 13.5 Å². The van der Waals surface area contributed by atoms with E-state index in [2.05, 4.69) is 5.32 Å². The van der Waals surface area contributed by atoms with Crippen LogP contribution < -0.4 is 5.32 Å². The molecule has 1 N–H and O–H groups in total. The van der Waals surface area contributed by atoms with Gasteiger partial charge in [0.1, 0.15) is 5.82 Å². The van der Waals surface area contributed by atoms with Gasteiger partial charge >= 0.3 is 0 Å². The van der Waals surface area contributed by atoms with Crippen molar-refractivity contribution in [3.05, 3.63) is 39.7 Å². The van der Waals surface area contributed by atoms with E-state index < -0.39 is 21.5 Å². The monoisotopic (exact) mass is 288 g/mol. The lowest BCUT2D eigenvalue weighted by Crippen LogP contribution is -2.21. The van der Waals surface area contributed by atoms with E-state index in [0.717, 1.165) is 18.2 Å². The Balaban J connectivity index is 2.55. The van der Waals surface area contributed by atoms with Gasteiger partial charge in [0.15, 0.2) is 0 Å². The molecule has 5 nitrogen and oxygen atoms in total. The lowest BCUT2D eigenvalue weighted by atomic mass is 10.1. The second-order valence-electron chi connectivity index (χ2n) is 4.30. The van der Waals surface area contributed by atoms with Crippen molar-refractivity contribution in [2.45, 2.75) is 25.1 Å². The summed E-state index contributed by atoms with van der Waals surface area (Å²) in [5.41, 5.74) is 0.219. The number of halogens is 1. The van der Waals surface area contributed by atoms with Gasteiger partial charge in [-0.2, -0.15) is 0 Å². The van der Waals surface area contributed by atoms with E-state index in [4.69, 9.17) is 0 Å². The minimum atomic E-state index is -0.882. The topological polar surface area (TPSA) is 72.2 Å². The Morgan fingerprint density at radius 3 is 2.79 bits per heavy atom. The summed E-state index contributed by atoms with van der Waals surface area (Å²) in [6, 6.07) is 3.40. The molecule has 0 spiro atoms. The van der Waals surface area contributed by atoms with Gasteiger partial charge in [-0.05, 0) is 25.1 Å². The Morgan fingerprint density at radius 1 is 1.53 bits per heavy atom. The molecule has 0 fully saturated rings. The van der Waals surface area contributed by atoms with Crippen LogP contribution in [-0.2, 0) is 17.3 Å². The number of hydrogen-bond donors (Lipinski definition) is 1. The SMILES string of the molecule is CC(CCNCc1cc(F)ccc1[N+](=O)[O-])S(C)=O. The predicted octanol–water partition coefficient (Wildman–Crippen LogP) is 1.98. The Hall–Kier alpha value is -1.34. The van der Waals surface area contributed by atoms with Crippen LogP contribution in [0.5, 0.6) is 0 Å². The molecule has 0 saturated carbocycles. The summed E-state index contributed by atoms with van der Waals surface area (Å²) in [5, 5.41) is 13.8. The summed E-state index contributed by atoms with van der Waals surface area (Å²) in [6.45, 7) is 2.67. The second-order valence-corrected chi connectivity index (χ2v) is 6.11. The van der Waals surface area contributed by atoms with Gasteiger partial charge in [0.2, 0.25) is 0 Å². The minimum Gasteiger partial charge on any atom is -0.312 e. The largest absolute Gasteiger partial charge is 0.312 e. The molecule has 2 atom stereocenters. The smallest absolute Gasteiger partial charge is 0.274 e. The summed E-state index contributed by atoms with van der Waals surface area (Å²) in [4.78, 5) is 10.3. The van der Waals surface area contributed by atoms with Gasteiger partial charge in [-0.15, -0.1) is 0 Å². The number of nitrogens with one attached hydrogen (secondary N) is 1. The van der Waals surface area contributed by atoms with Gasteiger partial charge in [-0.25, -0.2) is 4.39 Å². The summed E-state index contributed by atoms with van der Waals surface area (Å²) in [6.07, 6.45) is 2.34. The molecule has 1 rings (SSSR count). The highest BCUT2D eigenvalue weighted by molar-refractivity contribution is 7.84. The first-order valence-electron chi connectivity index (χ1n) is 5.87. The molecule has 0 saturated heterocycles. The average molecular weight is 288 g/mol. The fourth-order valence-electron chi connectivity index (χ4n) is 1.57. The zero-order valence-corrected chi connectivity index (χ0v) is 11.7. The zero-order valence-electron chi connectivity index (χ0n) is 10.9. The molecule has 0 radical (unpaired) electrons. The number of rotatable bonds is 7. The molecule has 0 aliphatic carbocycles. The molecule has 2 unspecified atom stereocenters. The normalized spacial score (nSPS) is 14.1. The molecule has 1 aromatic rings. The van der Waals surface area contributed by atoms with Crippen molar-refractivity contribution in [1.29, 1.82) is 0 Å². The van der Waals surface area contributed by atoms with Gasteiger partial charge in [0, 0.05) is 40.5 Å². The Bertz CT molecular complexity index is 482. The highest BCUT2D eigenvalue weighted by atomic mass is 32.2. The molecule has 0 heterocycles. The summed E-state index contributed by atoms with van der Waals surface area (Å²) in [5.74, 6) is -0.495. The van der Waals surface area contributed by atoms with E-state index in [9.17, 15) is 18.7 Å². The average Bonchev–Trinajstić information content (AvgIpc) is 2.33. The quantitative estimate of drug-likeness (QED) is 0.473. The molecular weight excluding hydrogens is 271 g/mol. The van der Waals surface area contributed by atoms with Crippen molar-refractivity contribution in [2.24, 2.45) is 0 Å². The first-order valence-corrected chi connectivity index (χ1v) is 7.49. The standard InChI is InChI=1S/C12H17FN2O3S/c1-9(19(2)18)5-6-14-8-10-7-11(13)3-4-12(10)15(16)17/h3-4,7,9,14H,5-6,8H2,1-2H3. The predicted molar refractivity (Wildman–Crippen MR) is 72.9 cm³/mol. The van der Waals surface area contributed by atoms with Crippen LogP contribution in [0.3, 0.4) is 0 Å². The number of nitrogens with zero attached hydrogens (tertiary/aromatic N) is 1. The number of nitro benzene ring substituents is 1. The van der Waals surface area contributed by atoms with Crippen molar-refractivity contribution in [3.63, 3.8) is 0 Å². The molecule has 0 amide bonds. The molecule has 0 aliphatic rings. The molecule has 0 aliphatic heterocycles. The van der Waals surface area contributed by atoms with Crippen molar-refractivity contribution in [2.75, 3.05) is 12.8 Å².